The number of aliphatic carboxylic acids is 1. The summed E-state index contributed by atoms with van der Waals surface area (Å²) in [5.74, 6) is -3.72. The molecule has 2 unspecified atom stereocenters. The van der Waals surface area contributed by atoms with Crippen LogP contribution < -0.4 is 0 Å². The molecule has 0 bridgehead atoms. The van der Waals surface area contributed by atoms with Crippen LogP contribution in [0.15, 0.2) is 30.3 Å². The van der Waals surface area contributed by atoms with Gasteiger partial charge in [-0.15, -0.1) is 0 Å². The molecular weight excluding hydrogens is 276 g/mol. The van der Waals surface area contributed by atoms with Gasteiger partial charge in [0.05, 0.1) is 6.54 Å². The lowest BCUT2D eigenvalue weighted by Crippen LogP contribution is -2.50. The number of benzene rings is 1. The fourth-order valence-corrected chi connectivity index (χ4v) is 2.93. The SMILES string of the molecule is CCC1CCN(CC(F)(F)c2ccccc2)C(C(=O)O)C1. The summed E-state index contributed by atoms with van der Waals surface area (Å²) in [6.07, 6.45) is 2.13. The monoisotopic (exact) mass is 297 g/mol. The van der Waals surface area contributed by atoms with E-state index in [4.69, 9.17) is 0 Å². The van der Waals surface area contributed by atoms with Crippen LogP contribution in [0.2, 0.25) is 0 Å². The van der Waals surface area contributed by atoms with Gasteiger partial charge in [-0.25, -0.2) is 0 Å². The summed E-state index contributed by atoms with van der Waals surface area (Å²) in [7, 11) is 0. The zero-order valence-electron chi connectivity index (χ0n) is 12.1. The van der Waals surface area contributed by atoms with Crippen molar-refractivity contribution in [3.05, 3.63) is 35.9 Å². The van der Waals surface area contributed by atoms with E-state index in [0.29, 0.717) is 18.9 Å². The van der Waals surface area contributed by atoms with Crippen LogP contribution in [-0.4, -0.2) is 35.1 Å². The third-order valence-electron chi connectivity index (χ3n) is 4.28. The average molecular weight is 297 g/mol. The Balaban J connectivity index is 2.11. The van der Waals surface area contributed by atoms with Crippen LogP contribution in [0.5, 0.6) is 0 Å². The Bertz CT molecular complexity index is 478. The second-order valence-corrected chi connectivity index (χ2v) is 5.69. The summed E-state index contributed by atoms with van der Waals surface area (Å²) in [5.41, 5.74) is -0.0632. The highest BCUT2D eigenvalue weighted by Gasteiger charge is 2.40. The van der Waals surface area contributed by atoms with E-state index in [1.807, 2.05) is 6.92 Å². The minimum absolute atomic E-state index is 0.0632. The number of rotatable bonds is 5. The number of alkyl halides is 2. The van der Waals surface area contributed by atoms with Crippen LogP contribution >= 0.6 is 0 Å². The molecule has 116 valence electrons. The first-order valence-electron chi connectivity index (χ1n) is 7.34. The van der Waals surface area contributed by atoms with Crippen molar-refractivity contribution in [1.29, 1.82) is 0 Å². The first kappa shape index (κ1) is 15.9. The number of hydrogen-bond acceptors (Lipinski definition) is 2. The average Bonchev–Trinajstić information content (AvgIpc) is 2.48. The molecule has 1 heterocycles. The Morgan fingerprint density at radius 2 is 2.05 bits per heavy atom. The molecule has 21 heavy (non-hydrogen) atoms. The highest BCUT2D eigenvalue weighted by atomic mass is 19.3. The summed E-state index contributed by atoms with van der Waals surface area (Å²) < 4.78 is 28.6. The lowest BCUT2D eigenvalue weighted by Gasteiger charge is -2.38. The molecule has 1 aromatic rings. The number of piperidine rings is 1. The molecule has 0 aromatic heterocycles. The van der Waals surface area contributed by atoms with Crippen molar-refractivity contribution < 1.29 is 18.7 Å². The molecule has 0 amide bonds. The predicted molar refractivity (Wildman–Crippen MR) is 76.3 cm³/mol. The van der Waals surface area contributed by atoms with Gasteiger partial charge in [0.15, 0.2) is 0 Å². The lowest BCUT2D eigenvalue weighted by atomic mass is 9.88. The zero-order chi connectivity index (χ0) is 15.5. The van der Waals surface area contributed by atoms with Crippen molar-refractivity contribution in [2.75, 3.05) is 13.1 Å². The van der Waals surface area contributed by atoms with E-state index < -0.39 is 24.5 Å². The van der Waals surface area contributed by atoms with Crippen LogP contribution in [0, 0.1) is 5.92 Å². The minimum atomic E-state index is -3.03. The van der Waals surface area contributed by atoms with Crippen molar-refractivity contribution in [1.82, 2.24) is 4.90 Å². The van der Waals surface area contributed by atoms with Gasteiger partial charge in [-0.05, 0) is 25.3 Å². The summed E-state index contributed by atoms with van der Waals surface area (Å²) in [5, 5.41) is 9.30. The zero-order valence-corrected chi connectivity index (χ0v) is 12.1. The molecule has 1 aliphatic heterocycles. The van der Waals surface area contributed by atoms with Crippen molar-refractivity contribution in [3.8, 4) is 0 Å². The van der Waals surface area contributed by atoms with Crippen LogP contribution in [0.4, 0.5) is 8.78 Å². The second kappa shape index (κ2) is 6.52. The van der Waals surface area contributed by atoms with Gasteiger partial charge in [-0.3, -0.25) is 9.69 Å². The maximum Gasteiger partial charge on any atom is 0.320 e. The van der Waals surface area contributed by atoms with Crippen LogP contribution in [-0.2, 0) is 10.7 Å². The molecule has 1 saturated heterocycles. The van der Waals surface area contributed by atoms with Crippen molar-refractivity contribution >= 4 is 5.97 Å². The highest BCUT2D eigenvalue weighted by Crippen LogP contribution is 2.33. The number of carboxylic acid groups (broad SMARTS) is 1. The molecule has 5 heteroatoms. The second-order valence-electron chi connectivity index (χ2n) is 5.69. The molecule has 1 aliphatic rings. The van der Waals surface area contributed by atoms with E-state index in [9.17, 15) is 18.7 Å². The first-order valence-corrected chi connectivity index (χ1v) is 7.34. The van der Waals surface area contributed by atoms with Gasteiger partial charge < -0.3 is 5.11 Å². The maximum atomic E-state index is 14.3. The van der Waals surface area contributed by atoms with Gasteiger partial charge in [0.1, 0.15) is 6.04 Å². The van der Waals surface area contributed by atoms with Crippen molar-refractivity contribution in [2.24, 2.45) is 5.92 Å². The molecule has 0 spiro atoms. The largest absolute Gasteiger partial charge is 0.480 e. The number of hydrogen-bond donors (Lipinski definition) is 1. The number of likely N-dealkylation sites (tertiary alicyclic amines) is 1. The Morgan fingerprint density at radius 1 is 1.38 bits per heavy atom. The molecule has 1 fully saturated rings. The topological polar surface area (TPSA) is 40.5 Å². The summed E-state index contributed by atoms with van der Waals surface area (Å²) in [6, 6.07) is 6.79. The molecule has 2 atom stereocenters. The Morgan fingerprint density at radius 3 is 2.62 bits per heavy atom. The number of carbonyl (C=O) groups is 1. The van der Waals surface area contributed by atoms with E-state index in [0.717, 1.165) is 12.8 Å². The third-order valence-corrected chi connectivity index (χ3v) is 4.28. The van der Waals surface area contributed by atoms with E-state index in [2.05, 4.69) is 0 Å². The molecular formula is C16H21F2NO2. The summed E-state index contributed by atoms with van der Waals surface area (Å²) >= 11 is 0. The molecule has 2 rings (SSSR count). The van der Waals surface area contributed by atoms with Crippen LogP contribution in [0.25, 0.3) is 0 Å². The van der Waals surface area contributed by atoms with Crippen LogP contribution in [0.3, 0.4) is 0 Å². The number of halogens is 2. The quantitative estimate of drug-likeness (QED) is 0.906. The fourth-order valence-electron chi connectivity index (χ4n) is 2.93. The van der Waals surface area contributed by atoms with Crippen molar-refractivity contribution in [2.45, 2.75) is 38.2 Å². The van der Waals surface area contributed by atoms with Gasteiger partial charge in [0.25, 0.3) is 5.92 Å². The molecule has 1 aromatic carbocycles. The molecule has 0 saturated carbocycles. The standard InChI is InChI=1S/C16H21F2NO2/c1-2-12-8-9-19(14(10-12)15(20)21)11-16(17,18)13-6-4-3-5-7-13/h3-7,12,14H,2,8-11H2,1H3,(H,20,21). The summed E-state index contributed by atoms with van der Waals surface area (Å²) in [6.45, 7) is 1.89. The van der Waals surface area contributed by atoms with Gasteiger partial charge in [-0.1, -0.05) is 43.7 Å². The summed E-state index contributed by atoms with van der Waals surface area (Å²) in [4.78, 5) is 12.8. The van der Waals surface area contributed by atoms with Gasteiger partial charge in [0.2, 0.25) is 0 Å². The van der Waals surface area contributed by atoms with E-state index in [-0.39, 0.29) is 5.56 Å². The predicted octanol–water partition coefficient (Wildman–Crippen LogP) is 3.35. The Labute approximate surface area is 123 Å². The number of carboxylic acids is 1. The van der Waals surface area contributed by atoms with Crippen LogP contribution in [0.1, 0.15) is 31.7 Å². The fraction of sp³-hybridized carbons (Fsp3) is 0.562. The van der Waals surface area contributed by atoms with E-state index >= 15 is 0 Å². The minimum Gasteiger partial charge on any atom is -0.480 e. The van der Waals surface area contributed by atoms with Crippen molar-refractivity contribution in [3.63, 3.8) is 0 Å². The molecule has 1 N–H and O–H groups in total. The third kappa shape index (κ3) is 3.79. The first-order chi connectivity index (χ1) is 9.94. The smallest absolute Gasteiger partial charge is 0.320 e. The molecule has 3 nitrogen and oxygen atoms in total. The van der Waals surface area contributed by atoms with Gasteiger partial charge in [0, 0.05) is 5.56 Å². The van der Waals surface area contributed by atoms with Gasteiger partial charge >= 0.3 is 5.97 Å². The number of nitrogens with zero attached hydrogens (tertiary/aromatic N) is 1. The Hall–Kier alpha value is -1.49. The highest BCUT2D eigenvalue weighted by molar-refractivity contribution is 5.73. The molecule has 0 aliphatic carbocycles. The van der Waals surface area contributed by atoms with E-state index in [1.54, 1.807) is 18.2 Å². The Kier molecular flexibility index (Phi) is 4.93. The lowest BCUT2D eigenvalue weighted by molar-refractivity contribution is -0.148. The molecule has 0 radical (unpaired) electrons. The van der Waals surface area contributed by atoms with Gasteiger partial charge in [-0.2, -0.15) is 8.78 Å². The maximum absolute atomic E-state index is 14.3. The van der Waals surface area contributed by atoms with E-state index in [1.165, 1.54) is 17.0 Å². The normalized spacial score (nSPS) is 24.0.